The van der Waals surface area contributed by atoms with Crippen LogP contribution in [0.3, 0.4) is 0 Å². The van der Waals surface area contributed by atoms with E-state index in [9.17, 15) is 9.59 Å². The predicted molar refractivity (Wildman–Crippen MR) is 140 cm³/mol. The number of hydrazone groups is 1. The molecule has 0 aliphatic carbocycles. The molecule has 1 amide bonds. The topological polar surface area (TPSA) is 94.2 Å². The summed E-state index contributed by atoms with van der Waals surface area (Å²) >= 11 is 3.56. The van der Waals surface area contributed by atoms with Crippen molar-refractivity contribution >= 4 is 49.5 Å². The van der Waals surface area contributed by atoms with Crippen molar-refractivity contribution in [3.05, 3.63) is 99.0 Å². The maximum Gasteiger partial charge on any atom is 0.258 e. The van der Waals surface area contributed by atoms with E-state index >= 15 is 0 Å². The summed E-state index contributed by atoms with van der Waals surface area (Å²) in [6.07, 6.45) is 0.363. The van der Waals surface area contributed by atoms with Gasteiger partial charge >= 0.3 is 0 Å². The second-order valence-electron chi connectivity index (χ2n) is 8.53. The lowest BCUT2D eigenvalue weighted by Crippen LogP contribution is -2.25. The van der Waals surface area contributed by atoms with Gasteiger partial charge in [-0.3, -0.25) is 9.59 Å². The number of halogens is 1. The Kier molecular flexibility index (Phi) is 5.11. The Balaban J connectivity index is 1.56. The molecule has 1 unspecified atom stereocenters. The number of amides is 1. The lowest BCUT2D eigenvalue weighted by atomic mass is 9.92. The van der Waals surface area contributed by atoms with Crippen LogP contribution in [-0.4, -0.2) is 31.6 Å². The van der Waals surface area contributed by atoms with Crippen LogP contribution in [0.25, 0.3) is 33.1 Å². The van der Waals surface area contributed by atoms with Crippen molar-refractivity contribution in [1.29, 1.82) is 0 Å². The van der Waals surface area contributed by atoms with Gasteiger partial charge in [0.1, 0.15) is 11.9 Å². The van der Waals surface area contributed by atoms with Crippen LogP contribution in [-0.2, 0) is 4.79 Å². The van der Waals surface area contributed by atoms with Gasteiger partial charge in [-0.25, -0.2) is 9.99 Å². The zero-order chi connectivity index (χ0) is 24.1. The molecule has 172 valence electrons. The monoisotopic (exact) mass is 525 g/mol. The van der Waals surface area contributed by atoms with E-state index in [2.05, 4.69) is 31.0 Å². The Bertz CT molecular complexity index is 1670. The molecule has 0 fully saturated rings. The first-order valence-electron chi connectivity index (χ1n) is 11.2. The quantitative estimate of drug-likeness (QED) is 0.324. The summed E-state index contributed by atoms with van der Waals surface area (Å²) < 4.78 is 0.902. The summed E-state index contributed by atoms with van der Waals surface area (Å²) in [5, 5.41) is 6.99. The van der Waals surface area contributed by atoms with Gasteiger partial charge in [0.15, 0.2) is 0 Å². The molecule has 0 bridgehead atoms. The number of carbonyl (C=O) groups is 1. The van der Waals surface area contributed by atoms with Crippen molar-refractivity contribution in [1.82, 2.24) is 20.0 Å². The molecule has 1 aliphatic rings. The number of fused-ring (bicyclic) bond motifs is 2. The van der Waals surface area contributed by atoms with E-state index in [-0.39, 0.29) is 11.5 Å². The highest BCUT2D eigenvalue weighted by atomic mass is 79.9. The minimum absolute atomic E-state index is 0.216. The lowest BCUT2D eigenvalue weighted by molar-refractivity contribution is -0.130. The smallest absolute Gasteiger partial charge is 0.258 e. The molecule has 1 atom stereocenters. The van der Waals surface area contributed by atoms with Gasteiger partial charge in [0.05, 0.1) is 22.3 Å². The van der Waals surface area contributed by atoms with Crippen LogP contribution < -0.4 is 5.56 Å². The van der Waals surface area contributed by atoms with E-state index in [1.54, 1.807) is 0 Å². The maximum absolute atomic E-state index is 13.5. The van der Waals surface area contributed by atoms with Gasteiger partial charge in [-0.1, -0.05) is 58.4 Å². The minimum atomic E-state index is -0.434. The molecule has 0 saturated heterocycles. The third-order valence-electron chi connectivity index (χ3n) is 6.28. The highest BCUT2D eigenvalue weighted by Gasteiger charge is 2.35. The second kappa shape index (κ2) is 8.32. The molecule has 0 spiro atoms. The molecule has 3 aromatic carbocycles. The molecule has 2 N–H and O–H groups in total. The van der Waals surface area contributed by atoms with Gasteiger partial charge in [0, 0.05) is 34.3 Å². The average Bonchev–Trinajstić information content (AvgIpc) is 3.48. The molecule has 0 saturated carbocycles. The van der Waals surface area contributed by atoms with E-state index in [1.165, 1.54) is 11.9 Å². The fourth-order valence-electron chi connectivity index (χ4n) is 4.74. The van der Waals surface area contributed by atoms with E-state index < -0.39 is 6.04 Å². The van der Waals surface area contributed by atoms with Crippen molar-refractivity contribution in [2.24, 2.45) is 5.10 Å². The van der Waals surface area contributed by atoms with Crippen LogP contribution in [0.2, 0.25) is 0 Å². The number of hydrogen-bond donors (Lipinski definition) is 2. The Hall–Kier alpha value is -4.04. The van der Waals surface area contributed by atoms with Gasteiger partial charge in [-0.05, 0) is 35.9 Å². The zero-order valence-corrected chi connectivity index (χ0v) is 20.3. The van der Waals surface area contributed by atoms with Crippen LogP contribution in [0.5, 0.6) is 0 Å². The predicted octanol–water partition coefficient (Wildman–Crippen LogP) is 5.53. The number of carbonyl (C=O) groups excluding carboxylic acids is 1. The number of H-pyrrole nitrogens is 2. The summed E-state index contributed by atoms with van der Waals surface area (Å²) in [6.45, 7) is 1.47. The molecule has 2 aromatic heterocycles. The molecule has 3 heterocycles. The van der Waals surface area contributed by atoms with Gasteiger partial charge < -0.3 is 9.97 Å². The van der Waals surface area contributed by atoms with Crippen LogP contribution in [0, 0.1) is 0 Å². The normalized spacial score (nSPS) is 15.7. The van der Waals surface area contributed by atoms with Gasteiger partial charge in [0.25, 0.3) is 5.56 Å². The van der Waals surface area contributed by atoms with Gasteiger partial charge in [-0.2, -0.15) is 5.10 Å². The number of aromatic amines is 2. The molecule has 7 nitrogen and oxygen atoms in total. The number of para-hydroxylation sites is 2. The number of imidazole rings is 1. The fourth-order valence-corrected chi connectivity index (χ4v) is 5.10. The highest BCUT2D eigenvalue weighted by molar-refractivity contribution is 9.10. The maximum atomic E-state index is 13.5. The van der Waals surface area contributed by atoms with Crippen molar-refractivity contribution in [3.63, 3.8) is 0 Å². The molecule has 5 aromatic rings. The van der Waals surface area contributed by atoms with E-state index in [0.717, 1.165) is 37.5 Å². The largest absolute Gasteiger partial charge is 0.340 e. The minimum Gasteiger partial charge on any atom is -0.340 e. The molecule has 8 heteroatoms. The number of aromatic nitrogens is 3. The molecular formula is C27H20BrN5O2. The van der Waals surface area contributed by atoms with Crippen molar-refractivity contribution in [3.8, 4) is 11.1 Å². The van der Waals surface area contributed by atoms with Crippen LogP contribution in [0.15, 0.2) is 87.2 Å². The third kappa shape index (κ3) is 3.66. The third-order valence-corrected chi connectivity index (χ3v) is 6.78. The van der Waals surface area contributed by atoms with Crippen LogP contribution in [0.1, 0.15) is 30.8 Å². The molecule has 0 radical (unpaired) electrons. The molecule has 6 rings (SSSR count). The van der Waals surface area contributed by atoms with Crippen molar-refractivity contribution in [2.75, 3.05) is 0 Å². The Morgan fingerprint density at radius 1 is 0.971 bits per heavy atom. The highest BCUT2D eigenvalue weighted by Crippen LogP contribution is 2.37. The van der Waals surface area contributed by atoms with Crippen molar-refractivity contribution in [2.45, 2.75) is 19.4 Å². The van der Waals surface area contributed by atoms with E-state index in [0.29, 0.717) is 23.5 Å². The fraction of sp³-hybridized carbons (Fsp3) is 0.111. The number of benzene rings is 3. The number of pyridine rings is 1. The Labute approximate surface area is 208 Å². The number of nitrogens with zero attached hydrogens (tertiary/aromatic N) is 3. The molecular weight excluding hydrogens is 506 g/mol. The first-order valence-corrected chi connectivity index (χ1v) is 12.0. The number of rotatable bonds is 3. The number of hydrogen-bond acceptors (Lipinski definition) is 4. The summed E-state index contributed by atoms with van der Waals surface area (Å²) in [5.41, 5.74) is 4.90. The van der Waals surface area contributed by atoms with Crippen LogP contribution in [0.4, 0.5) is 0 Å². The standard InChI is InChI=1S/C27H20BrN5O2/c1-15(34)33-23(26-29-20-9-5-6-10-21(20)30-26)14-22(32-33)25-24(16-7-3-2-4-8-16)18-13-17(28)11-12-19(18)31-27(25)35/h2-13,23H,14H2,1H3,(H,29,30)(H,31,35). The second-order valence-corrected chi connectivity index (χ2v) is 9.45. The summed E-state index contributed by atoms with van der Waals surface area (Å²) in [6, 6.07) is 22.8. The van der Waals surface area contributed by atoms with Gasteiger partial charge in [-0.15, -0.1) is 0 Å². The van der Waals surface area contributed by atoms with Crippen molar-refractivity contribution < 1.29 is 4.79 Å². The Morgan fingerprint density at radius 3 is 2.51 bits per heavy atom. The number of nitrogens with one attached hydrogen (secondary N) is 2. The van der Waals surface area contributed by atoms with Crippen LogP contribution >= 0.6 is 15.9 Å². The average molecular weight is 526 g/mol. The summed E-state index contributed by atoms with van der Waals surface area (Å²) in [5.74, 6) is 0.424. The van der Waals surface area contributed by atoms with Gasteiger partial charge in [0.2, 0.25) is 5.91 Å². The summed E-state index contributed by atoms with van der Waals surface area (Å²) in [7, 11) is 0. The zero-order valence-electron chi connectivity index (χ0n) is 18.7. The van der Waals surface area contributed by atoms with E-state index in [1.807, 2.05) is 72.8 Å². The SMILES string of the molecule is CC(=O)N1N=C(c2c(-c3ccccc3)c3cc(Br)ccc3[nH]c2=O)CC1c1nc2ccccc2[nH]1. The molecule has 35 heavy (non-hydrogen) atoms. The summed E-state index contributed by atoms with van der Waals surface area (Å²) in [4.78, 5) is 37.1. The first kappa shape index (κ1) is 21.5. The first-order chi connectivity index (χ1) is 17.0. The molecule has 1 aliphatic heterocycles. The van der Waals surface area contributed by atoms with E-state index in [4.69, 9.17) is 4.98 Å². The lowest BCUT2D eigenvalue weighted by Gasteiger charge is -2.17. The Morgan fingerprint density at radius 2 is 1.74 bits per heavy atom.